The molecule has 6 rings (SSSR count). The van der Waals surface area contributed by atoms with Gasteiger partial charge in [-0.3, -0.25) is 4.79 Å². The molecule has 1 unspecified atom stereocenters. The van der Waals surface area contributed by atoms with Crippen molar-refractivity contribution >= 4 is 22.6 Å². The van der Waals surface area contributed by atoms with Crippen LogP contribution >= 0.6 is 0 Å². The van der Waals surface area contributed by atoms with E-state index in [0.717, 1.165) is 52.7 Å². The van der Waals surface area contributed by atoms with Crippen LogP contribution in [0.5, 0.6) is 0 Å². The van der Waals surface area contributed by atoms with Gasteiger partial charge >= 0.3 is 5.97 Å². The number of anilines is 1. The number of nitrogens with zero attached hydrogens (tertiary/aromatic N) is 2. The normalized spacial score (nSPS) is 21.2. The first-order valence-corrected chi connectivity index (χ1v) is 10.3. The second-order valence-corrected chi connectivity index (χ2v) is 8.40. The molecule has 2 aliphatic heterocycles. The molecule has 3 aromatic rings. The van der Waals surface area contributed by atoms with Crippen LogP contribution in [0.25, 0.3) is 22.3 Å². The highest BCUT2D eigenvalue weighted by molar-refractivity contribution is 5.94. The number of hydrogen-bond donors (Lipinski definition) is 2. The smallest absolute Gasteiger partial charge is 0.343 e. The molecule has 7 heteroatoms. The number of ether oxygens (including phenoxy) is 1. The minimum absolute atomic E-state index is 0.116. The Bertz CT molecular complexity index is 1360. The largest absolute Gasteiger partial charge is 0.458 e. The van der Waals surface area contributed by atoms with Crippen molar-refractivity contribution in [2.45, 2.75) is 51.4 Å². The number of aryl methyl sites for hydroxylation is 2. The van der Waals surface area contributed by atoms with Gasteiger partial charge in [-0.1, -0.05) is 6.92 Å². The Morgan fingerprint density at radius 1 is 1.20 bits per heavy atom. The highest BCUT2D eigenvalue weighted by atomic mass is 16.6. The number of benzene rings is 1. The van der Waals surface area contributed by atoms with Crippen LogP contribution < -0.4 is 11.3 Å². The third-order valence-corrected chi connectivity index (χ3v) is 6.97. The molecule has 0 spiro atoms. The summed E-state index contributed by atoms with van der Waals surface area (Å²) in [5.74, 6) is -0.707. The number of esters is 1. The van der Waals surface area contributed by atoms with Crippen molar-refractivity contribution in [1.82, 2.24) is 9.55 Å². The first-order valence-electron chi connectivity index (χ1n) is 10.3. The maximum absolute atomic E-state index is 13.3. The van der Waals surface area contributed by atoms with Gasteiger partial charge in [0.1, 0.15) is 6.61 Å². The van der Waals surface area contributed by atoms with Gasteiger partial charge in [0.2, 0.25) is 0 Å². The molecule has 1 atom stereocenters. The summed E-state index contributed by atoms with van der Waals surface area (Å²) >= 11 is 0. The average molecular weight is 403 g/mol. The highest BCUT2D eigenvalue weighted by Crippen LogP contribution is 2.43. The molecule has 3 N–H and O–H groups in total. The molecule has 4 heterocycles. The molecule has 2 aromatic heterocycles. The second-order valence-electron chi connectivity index (χ2n) is 8.40. The Kier molecular flexibility index (Phi) is 3.35. The summed E-state index contributed by atoms with van der Waals surface area (Å²) in [6.45, 7) is 2.02. The van der Waals surface area contributed by atoms with Crippen LogP contribution in [0.4, 0.5) is 5.69 Å². The van der Waals surface area contributed by atoms with Crippen LogP contribution in [0, 0.1) is 0 Å². The Balaban J connectivity index is 1.68. The van der Waals surface area contributed by atoms with Crippen LogP contribution in [-0.2, 0) is 41.1 Å². The zero-order valence-electron chi connectivity index (χ0n) is 16.6. The zero-order valence-corrected chi connectivity index (χ0v) is 16.6. The summed E-state index contributed by atoms with van der Waals surface area (Å²) in [4.78, 5) is 30.5. The molecular weight excluding hydrogens is 382 g/mol. The summed E-state index contributed by atoms with van der Waals surface area (Å²) in [5.41, 5.74) is 11.4. The number of cyclic esters (lactones) is 1. The van der Waals surface area contributed by atoms with Gasteiger partial charge in [0.25, 0.3) is 5.56 Å². The van der Waals surface area contributed by atoms with Crippen LogP contribution in [0.2, 0.25) is 0 Å². The lowest BCUT2D eigenvalue weighted by Crippen LogP contribution is -2.44. The zero-order chi connectivity index (χ0) is 20.8. The quantitative estimate of drug-likeness (QED) is 0.372. The van der Waals surface area contributed by atoms with Crippen molar-refractivity contribution in [1.29, 1.82) is 0 Å². The Morgan fingerprint density at radius 3 is 2.80 bits per heavy atom. The molecule has 1 aromatic carbocycles. The predicted octanol–water partition coefficient (Wildman–Crippen LogP) is 2.15. The summed E-state index contributed by atoms with van der Waals surface area (Å²) in [5, 5.41) is 12.1. The van der Waals surface area contributed by atoms with Gasteiger partial charge in [-0.15, -0.1) is 0 Å². The van der Waals surface area contributed by atoms with E-state index in [4.69, 9.17) is 15.5 Å². The number of pyridine rings is 2. The maximum Gasteiger partial charge on any atom is 0.343 e. The minimum Gasteiger partial charge on any atom is -0.458 e. The number of hydrogen-bond acceptors (Lipinski definition) is 6. The van der Waals surface area contributed by atoms with E-state index in [1.165, 1.54) is 5.56 Å². The van der Waals surface area contributed by atoms with E-state index in [0.29, 0.717) is 23.4 Å². The van der Waals surface area contributed by atoms with E-state index in [2.05, 4.69) is 0 Å². The van der Waals surface area contributed by atoms with Crippen LogP contribution in [0.3, 0.4) is 0 Å². The summed E-state index contributed by atoms with van der Waals surface area (Å²) in [6.07, 6.45) is 2.99. The Labute approximate surface area is 172 Å². The van der Waals surface area contributed by atoms with E-state index >= 15 is 0 Å². The van der Waals surface area contributed by atoms with Crippen LogP contribution in [0.1, 0.15) is 47.6 Å². The second kappa shape index (κ2) is 5.70. The molecule has 30 heavy (non-hydrogen) atoms. The van der Waals surface area contributed by atoms with E-state index in [9.17, 15) is 14.7 Å². The van der Waals surface area contributed by atoms with Crippen molar-refractivity contribution in [2.24, 2.45) is 0 Å². The molecule has 7 nitrogen and oxygen atoms in total. The monoisotopic (exact) mass is 403 g/mol. The molecule has 3 aliphatic rings. The Hall–Kier alpha value is -3.19. The fraction of sp³-hybridized carbons (Fsp3) is 0.348. The number of nitrogens with two attached hydrogens (primary N) is 1. The highest BCUT2D eigenvalue weighted by Gasteiger charge is 2.45. The minimum atomic E-state index is -1.81. The molecule has 0 fully saturated rings. The number of carbonyl (C=O) groups excluding carboxylic acids is 1. The van der Waals surface area contributed by atoms with E-state index in [1.807, 2.05) is 12.1 Å². The number of aliphatic hydroxyl groups is 1. The lowest BCUT2D eigenvalue weighted by atomic mass is 9.85. The van der Waals surface area contributed by atoms with Crippen molar-refractivity contribution in [3.05, 3.63) is 56.4 Å². The fourth-order valence-electron chi connectivity index (χ4n) is 5.34. The number of aromatic nitrogens is 2. The van der Waals surface area contributed by atoms with E-state index in [1.54, 1.807) is 17.6 Å². The lowest BCUT2D eigenvalue weighted by molar-refractivity contribution is -0.172. The molecule has 0 amide bonds. The van der Waals surface area contributed by atoms with Gasteiger partial charge in [-0.2, -0.15) is 0 Å². The maximum atomic E-state index is 13.3. The molecule has 0 saturated heterocycles. The van der Waals surface area contributed by atoms with Crippen molar-refractivity contribution in [3.8, 4) is 11.4 Å². The predicted molar refractivity (Wildman–Crippen MR) is 111 cm³/mol. The summed E-state index contributed by atoms with van der Waals surface area (Å²) in [6, 6.07) is 5.59. The standard InChI is InChI=1S/C23H21N3O4/c1-2-23(29)15-8-18-20-13(9-26(18)21(27)14(15)10-30-22(23)28)11-4-3-5-12-16(24)6-7-17(25-20)19(11)12/h6-8,29H,2-5,9-10,24H2,1H3. The SMILES string of the molecule is CCC1(O)C(=O)OCc2c1cc1n(c2=O)Cc2c-1nc1ccc(N)c3c1c2CCC3. The van der Waals surface area contributed by atoms with Gasteiger partial charge in [0, 0.05) is 22.2 Å². The molecule has 0 saturated carbocycles. The van der Waals surface area contributed by atoms with Gasteiger partial charge in [0.05, 0.1) is 29.0 Å². The number of carbonyl (C=O) groups is 1. The van der Waals surface area contributed by atoms with Crippen molar-refractivity contribution in [2.75, 3.05) is 5.73 Å². The number of nitrogen functional groups attached to an aromatic ring is 1. The summed E-state index contributed by atoms with van der Waals surface area (Å²) in [7, 11) is 0. The third kappa shape index (κ3) is 2.00. The molecule has 152 valence electrons. The molecule has 1 aliphatic carbocycles. The topological polar surface area (TPSA) is 107 Å². The van der Waals surface area contributed by atoms with E-state index < -0.39 is 11.6 Å². The summed E-state index contributed by atoms with van der Waals surface area (Å²) < 4.78 is 6.84. The molecule has 0 radical (unpaired) electrons. The number of rotatable bonds is 1. The third-order valence-electron chi connectivity index (χ3n) is 6.97. The molecule has 0 bridgehead atoms. The molecular formula is C23H21N3O4. The average Bonchev–Trinajstić information content (AvgIpc) is 3.13. The van der Waals surface area contributed by atoms with Gasteiger partial charge in [-0.25, -0.2) is 9.78 Å². The first kappa shape index (κ1) is 17.7. The van der Waals surface area contributed by atoms with Gasteiger partial charge in [-0.05, 0) is 55.0 Å². The number of fused-ring (bicyclic) bond motifs is 5. The Morgan fingerprint density at radius 2 is 2.00 bits per heavy atom. The van der Waals surface area contributed by atoms with Crippen LogP contribution in [-0.4, -0.2) is 20.6 Å². The first-order chi connectivity index (χ1) is 14.4. The van der Waals surface area contributed by atoms with Gasteiger partial charge in [0.15, 0.2) is 5.60 Å². The fourth-order valence-corrected chi connectivity index (χ4v) is 5.34. The van der Waals surface area contributed by atoms with E-state index in [-0.39, 0.29) is 18.6 Å². The van der Waals surface area contributed by atoms with Crippen molar-refractivity contribution < 1.29 is 14.6 Å². The van der Waals surface area contributed by atoms with Gasteiger partial charge < -0.3 is 20.1 Å². The lowest BCUT2D eigenvalue weighted by Gasteiger charge is -2.31. The van der Waals surface area contributed by atoms with Crippen LogP contribution in [0.15, 0.2) is 23.0 Å². The van der Waals surface area contributed by atoms with Crippen molar-refractivity contribution in [3.63, 3.8) is 0 Å².